The van der Waals surface area contributed by atoms with Crippen molar-refractivity contribution in [2.45, 2.75) is 6.42 Å². The van der Waals surface area contributed by atoms with Crippen LogP contribution in [0, 0.1) is 0 Å². The van der Waals surface area contributed by atoms with Crippen LogP contribution in [0.15, 0.2) is 23.6 Å². The Hall–Kier alpha value is -1.10. The van der Waals surface area contributed by atoms with E-state index in [9.17, 15) is 4.79 Å². The van der Waals surface area contributed by atoms with E-state index in [2.05, 4.69) is 4.98 Å². The van der Waals surface area contributed by atoms with E-state index >= 15 is 0 Å². The van der Waals surface area contributed by atoms with Crippen LogP contribution in [0.4, 0.5) is 0 Å². The van der Waals surface area contributed by atoms with Crippen LogP contribution in [-0.4, -0.2) is 10.9 Å². The van der Waals surface area contributed by atoms with Crippen molar-refractivity contribution in [3.05, 3.63) is 49.9 Å². The van der Waals surface area contributed by atoms with E-state index in [0.29, 0.717) is 16.5 Å². The van der Waals surface area contributed by atoms with Gasteiger partial charge in [0.25, 0.3) is 5.91 Å². The fourth-order valence-corrected chi connectivity index (χ4v) is 2.68. The lowest BCUT2D eigenvalue weighted by atomic mass is 10.1. The highest BCUT2D eigenvalue weighted by atomic mass is 35.5. The third-order valence-corrected chi connectivity index (χ3v) is 3.75. The first kappa shape index (κ1) is 12.4. The fraction of sp³-hybridized carbons (Fsp3) is 0.0909. The molecule has 0 fully saturated rings. The first-order valence-electron chi connectivity index (χ1n) is 4.75. The second-order valence-electron chi connectivity index (χ2n) is 3.37. The minimum Gasteiger partial charge on any atom is -0.364 e. The number of hydrogen-bond acceptors (Lipinski definition) is 3. The molecule has 0 aliphatic rings. The number of primary amides is 1. The second kappa shape index (κ2) is 5.04. The Morgan fingerprint density at radius 2 is 2.00 bits per heavy atom. The third kappa shape index (κ3) is 2.77. The summed E-state index contributed by atoms with van der Waals surface area (Å²) in [5, 5.41) is 3.57. The van der Waals surface area contributed by atoms with E-state index in [1.165, 1.54) is 11.3 Å². The van der Waals surface area contributed by atoms with Gasteiger partial charge in [0.05, 0.1) is 5.01 Å². The lowest BCUT2D eigenvalue weighted by molar-refractivity contribution is 0.0996. The summed E-state index contributed by atoms with van der Waals surface area (Å²) in [6.45, 7) is 0. The monoisotopic (exact) mass is 286 g/mol. The minimum absolute atomic E-state index is 0.271. The highest BCUT2D eigenvalue weighted by Gasteiger charge is 2.11. The van der Waals surface area contributed by atoms with E-state index in [4.69, 9.17) is 28.9 Å². The van der Waals surface area contributed by atoms with Crippen molar-refractivity contribution in [1.82, 2.24) is 4.98 Å². The molecule has 0 radical (unpaired) electrons. The molecule has 2 N–H and O–H groups in total. The van der Waals surface area contributed by atoms with E-state index in [-0.39, 0.29) is 5.69 Å². The number of hydrogen-bond donors (Lipinski definition) is 1. The minimum atomic E-state index is -0.530. The van der Waals surface area contributed by atoms with Crippen molar-refractivity contribution in [1.29, 1.82) is 0 Å². The van der Waals surface area contributed by atoms with Gasteiger partial charge in [0.1, 0.15) is 5.69 Å². The molecule has 0 aliphatic carbocycles. The zero-order chi connectivity index (χ0) is 12.4. The van der Waals surface area contributed by atoms with Gasteiger partial charge < -0.3 is 5.73 Å². The zero-order valence-electron chi connectivity index (χ0n) is 8.61. The number of benzene rings is 1. The van der Waals surface area contributed by atoms with Crippen LogP contribution in [-0.2, 0) is 6.42 Å². The van der Waals surface area contributed by atoms with Gasteiger partial charge in [0.2, 0.25) is 0 Å². The van der Waals surface area contributed by atoms with Crippen molar-refractivity contribution in [3.63, 3.8) is 0 Å². The van der Waals surface area contributed by atoms with Gasteiger partial charge >= 0.3 is 0 Å². The maximum atomic E-state index is 10.9. The summed E-state index contributed by atoms with van der Waals surface area (Å²) >= 11 is 13.5. The zero-order valence-corrected chi connectivity index (χ0v) is 10.9. The average Bonchev–Trinajstić information content (AvgIpc) is 2.72. The predicted molar refractivity (Wildman–Crippen MR) is 69.9 cm³/mol. The second-order valence-corrected chi connectivity index (χ2v) is 5.12. The first-order valence-corrected chi connectivity index (χ1v) is 6.38. The van der Waals surface area contributed by atoms with Crippen molar-refractivity contribution < 1.29 is 4.79 Å². The topological polar surface area (TPSA) is 56.0 Å². The van der Waals surface area contributed by atoms with Gasteiger partial charge in [-0.25, -0.2) is 4.98 Å². The third-order valence-electron chi connectivity index (χ3n) is 2.19. The summed E-state index contributed by atoms with van der Waals surface area (Å²) in [6.07, 6.45) is 0.496. The van der Waals surface area contributed by atoms with Gasteiger partial charge in [-0.15, -0.1) is 11.3 Å². The molecule has 0 saturated carbocycles. The van der Waals surface area contributed by atoms with E-state index in [0.717, 1.165) is 10.6 Å². The smallest absolute Gasteiger partial charge is 0.268 e. The largest absolute Gasteiger partial charge is 0.364 e. The molecule has 6 heteroatoms. The Kier molecular flexibility index (Phi) is 3.66. The molecule has 0 atom stereocenters. The number of aromatic nitrogens is 1. The SMILES string of the molecule is NC(=O)c1csc(Cc2c(Cl)cccc2Cl)n1. The Bertz CT molecular complexity index is 548. The van der Waals surface area contributed by atoms with Crippen LogP contribution in [0.3, 0.4) is 0 Å². The Labute approximate surface area is 112 Å². The van der Waals surface area contributed by atoms with Gasteiger partial charge in [0.15, 0.2) is 0 Å². The van der Waals surface area contributed by atoms with Crippen LogP contribution in [0.25, 0.3) is 0 Å². The molecule has 0 bridgehead atoms. The van der Waals surface area contributed by atoms with Crippen molar-refractivity contribution in [2.24, 2.45) is 5.73 Å². The summed E-state index contributed by atoms with van der Waals surface area (Å²) < 4.78 is 0. The number of thiazole rings is 1. The molecule has 0 aliphatic heterocycles. The van der Waals surface area contributed by atoms with E-state index < -0.39 is 5.91 Å². The maximum absolute atomic E-state index is 10.9. The van der Waals surface area contributed by atoms with Crippen LogP contribution >= 0.6 is 34.5 Å². The molecular formula is C11H8Cl2N2OS. The quantitative estimate of drug-likeness (QED) is 0.942. The molecule has 2 rings (SSSR count). The van der Waals surface area contributed by atoms with Gasteiger partial charge in [-0.3, -0.25) is 4.79 Å². The molecule has 2 aromatic rings. The highest BCUT2D eigenvalue weighted by Crippen LogP contribution is 2.27. The molecule has 1 heterocycles. The molecule has 0 saturated heterocycles. The highest BCUT2D eigenvalue weighted by molar-refractivity contribution is 7.09. The molecular weight excluding hydrogens is 279 g/mol. The summed E-state index contributed by atoms with van der Waals surface area (Å²) in [7, 11) is 0. The first-order chi connectivity index (χ1) is 8.08. The Morgan fingerprint density at radius 3 is 2.53 bits per heavy atom. The summed E-state index contributed by atoms with van der Waals surface area (Å²) in [4.78, 5) is 15.0. The molecule has 88 valence electrons. The van der Waals surface area contributed by atoms with Crippen molar-refractivity contribution in [2.75, 3.05) is 0 Å². The molecule has 0 spiro atoms. The predicted octanol–water partition coefficient (Wildman–Crippen LogP) is 3.14. The van der Waals surface area contributed by atoms with Gasteiger partial charge in [-0.05, 0) is 17.7 Å². The molecule has 1 aromatic heterocycles. The summed E-state index contributed by atoms with van der Waals surface area (Å²) in [6, 6.07) is 5.32. The fourth-order valence-electron chi connectivity index (χ4n) is 1.36. The molecule has 0 unspecified atom stereocenters. The van der Waals surface area contributed by atoms with Gasteiger partial charge in [-0.1, -0.05) is 29.3 Å². The van der Waals surface area contributed by atoms with Crippen molar-refractivity contribution in [3.8, 4) is 0 Å². The molecule has 17 heavy (non-hydrogen) atoms. The maximum Gasteiger partial charge on any atom is 0.268 e. The number of nitrogens with two attached hydrogens (primary N) is 1. The van der Waals surface area contributed by atoms with Crippen LogP contribution in [0.2, 0.25) is 10.0 Å². The van der Waals surface area contributed by atoms with Gasteiger partial charge in [-0.2, -0.15) is 0 Å². The van der Waals surface area contributed by atoms with Crippen molar-refractivity contribution >= 4 is 40.4 Å². The van der Waals surface area contributed by atoms with Gasteiger partial charge in [0, 0.05) is 21.8 Å². The van der Waals surface area contributed by atoms with Crippen LogP contribution < -0.4 is 5.73 Å². The number of nitrogens with zero attached hydrogens (tertiary/aromatic N) is 1. The number of carbonyl (C=O) groups is 1. The summed E-state index contributed by atoms with van der Waals surface area (Å²) in [5.41, 5.74) is 6.21. The molecule has 1 amide bonds. The Balaban J connectivity index is 2.28. The van der Waals surface area contributed by atoms with E-state index in [1.807, 2.05) is 0 Å². The lowest BCUT2D eigenvalue weighted by Gasteiger charge is -2.03. The number of amides is 1. The summed E-state index contributed by atoms with van der Waals surface area (Å²) in [5.74, 6) is -0.530. The Morgan fingerprint density at radius 1 is 1.35 bits per heavy atom. The molecule has 1 aromatic carbocycles. The average molecular weight is 287 g/mol. The van der Waals surface area contributed by atoms with Crippen LogP contribution in [0.1, 0.15) is 21.1 Å². The molecule has 3 nitrogen and oxygen atoms in total. The van der Waals surface area contributed by atoms with E-state index in [1.54, 1.807) is 23.6 Å². The standard InChI is InChI=1S/C11H8Cl2N2OS/c12-7-2-1-3-8(13)6(7)4-10-15-9(5-17-10)11(14)16/h1-3,5H,4H2,(H2,14,16). The number of rotatable bonds is 3. The number of halogens is 2. The normalized spacial score (nSPS) is 10.5. The lowest BCUT2D eigenvalue weighted by Crippen LogP contribution is -2.11. The van der Waals surface area contributed by atoms with Crippen LogP contribution in [0.5, 0.6) is 0 Å². The number of carbonyl (C=O) groups excluding carboxylic acids is 1.